The van der Waals surface area contributed by atoms with Gasteiger partial charge in [0.2, 0.25) is 10.0 Å². The summed E-state index contributed by atoms with van der Waals surface area (Å²) < 4.78 is 31.6. The maximum atomic E-state index is 11.8. The van der Waals surface area contributed by atoms with Crippen LogP contribution >= 0.6 is 11.6 Å². The van der Waals surface area contributed by atoms with Gasteiger partial charge in [-0.25, -0.2) is 13.1 Å². The van der Waals surface area contributed by atoms with Crippen LogP contribution in [0.15, 0.2) is 53.9 Å². The van der Waals surface area contributed by atoms with Gasteiger partial charge in [-0.1, -0.05) is 41.4 Å². The van der Waals surface area contributed by atoms with Crippen molar-refractivity contribution in [3.05, 3.63) is 70.1 Å². The fourth-order valence-electron chi connectivity index (χ4n) is 1.78. The molecule has 0 saturated carbocycles. The zero-order chi connectivity index (χ0) is 16.7. The molecule has 1 N–H and O–H groups in total. The summed E-state index contributed by atoms with van der Waals surface area (Å²) in [4.78, 5) is 0. The molecule has 0 unspecified atom stereocenters. The predicted octanol–water partition coefficient (Wildman–Crippen LogP) is 3.62. The first kappa shape index (κ1) is 17.5. The van der Waals surface area contributed by atoms with Crippen LogP contribution in [0.2, 0.25) is 5.02 Å². The number of aryl methyl sites for hydroxylation is 1. The molecule has 0 saturated heterocycles. The second-order valence-electron chi connectivity index (χ2n) is 4.96. The third-order valence-corrected chi connectivity index (χ3v) is 4.36. The zero-order valence-corrected chi connectivity index (χ0v) is 14.3. The van der Waals surface area contributed by atoms with Crippen LogP contribution < -0.4 is 9.46 Å². The quantitative estimate of drug-likeness (QED) is 0.775. The van der Waals surface area contributed by atoms with Gasteiger partial charge in [0.25, 0.3) is 0 Å². The van der Waals surface area contributed by atoms with Gasteiger partial charge in [0.1, 0.15) is 12.4 Å². The predicted molar refractivity (Wildman–Crippen MR) is 94.1 cm³/mol. The minimum absolute atomic E-state index is 0.196. The average Bonchev–Trinajstić information content (AvgIpc) is 2.53. The van der Waals surface area contributed by atoms with Gasteiger partial charge in [0.15, 0.2) is 0 Å². The molecule has 122 valence electrons. The van der Waals surface area contributed by atoms with Gasteiger partial charge < -0.3 is 4.74 Å². The topological polar surface area (TPSA) is 55.4 Å². The average molecular weight is 352 g/mol. The Morgan fingerprint density at radius 3 is 2.39 bits per heavy atom. The van der Waals surface area contributed by atoms with Crippen LogP contribution in [0.1, 0.15) is 11.1 Å². The molecule has 0 atom stereocenters. The van der Waals surface area contributed by atoms with Gasteiger partial charge in [-0.2, -0.15) is 0 Å². The number of rotatable bonds is 7. The van der Waals surface area contributed by atoms with E-state index in [0.29, 0.717) is 10.8 Å². The van der Waals surface area contributed by atoms with Crippen molar-refractivity contribution in [2.75, 3.05) is 13.2 Å². The molecule has 0 spiro atoms. The van der Waals surface area contributed by atoms with Gasteiger partial charge in [-0.3, -0.25) is 0 Å². The van der Waals surface area contributed by atoms with Crippen LogP contribution in [0.3, 0.4) is 0 Å². The van der Waals surface area contributed by atoms with E-state index in [4.69, 9.17) is 16.3 Å². The molecule has 0 aliphatic heterocycles. The minimum atomic E-state index is -3.49. The van der Waals surface area contributed by atoms with Crippen LogP contribution in [0.4, 0.5) is 0 Å². The van der Waals surface area contributed by atoms with E-state index in [0.717, 1.165) is 16.5 Å². The largest absolute Gasteiger partial charge is 0.492 e. The number of hydrogen-bond acceptors (Lipinski definition) is 3. The van der Waals surface area contributed by atoms with Gasteiger partial charge >= 0.3 is 0 Å². The highest BCUT2D eigenvalue weighted by atomic mass is 35.5. The summed E-state index contributed by atoms with van der Waals surface area (Å²) in [5, 5.41) is 1.73. The molecule has 4 nitrogen and oxygen atoms in total. The molecular formula is C17H18ClNO3S. The lowest BCUT2D eigenvalue weighted by molar-refractivity contribution is 0.323. The highest BCUT2D eigenvalue weighted by Gasteiger charge is 2.04. The smallest absolute Gasteiger partial charge is 0.233 e. The summed E-state index contributed by atoms with van der Waals surface area (Å²) in [6.45, 7) is 2.45. The van der Waals surface area contributed by atoms with E-state index in [-0.39, 0.29) is 13.2 Å². The number of ether oxygens (including phenoxy) is 1. The second kappa shape index (κ2) is 8.15. The molecule has 0 aromatic heterocycles. The Labute approximate surface area is 141 Å². The van der Waals surface area contributed by atoms with E-state index in [2.05, 4.69) is 4.72 Å². The molecule has 2 rings (SSSR count). The summed E-state index contributed by atoms with van der Waals surface area (Å²) in [7, 11) is -3.49. The number of benzene rings is 2. The van der Waals surface area contributed by atoms with Crippen molar-refractivity contribution in [3.8, 4) is 5.75 Å². The van der Waals surface area contributed by atoms with E-state index in [1.54, 1.807) is 24.3 Å². The monoisotopic (exact) mass is 351 g/mol. The van der Waals surface area contributed by atoms with Crippen molar-refractivity contribution in [2.45, 2.75) is 6.92 Å². The fourth-order valence-corrected chi connectivity index (χ4v) is 2.70. The first-order valence-electron chi connectivity index (χ1n) is 7.07. The van der Waals surface area contributed by atoms with Crippen molar-refractivity contribution in [3.63, 3.8) is 0 Å². The van der Waals surface area contributed by atoms with Gasteiger partial charge in [-0.15, -0.1) is 0 Å². The standard InChI is InChI=1S/C17H18ClNO3S/c1-14-2-8-17(9-3-14)22-12-11-19-23(20,21)13-10-15-4-6-16(18)7-5-15/h2-10,13,19H,11-12H2,1H3/b13-10+. The minimum Gasteiger partial charge on any atom is -0.492 e. The van der Waals surface area contributed by atoms with Crippen LogP contribution in [0, 0.1) is 6.92 Å². The third kappa shape index (κ3) is 6.44. The lowest BCUT2D eigenvalue weighted by atomic mass is 10.2. The molecule has 23 heavy (non-hydrogen) atoms. The highest BCUT2D eigenvalue weighted by Crippen LogP contribution is 2.12. The Morgan fingerprint density at radius 1 is 1.09 bits per heavy atom. The molecule has 0 heterocycles. The Bertz CT molecular complexity index is 753. The van der Waals surface area contributed by atoms with Gasteiger partial charge in [-0.05, 0) is 42.8 Å². The SMILES string of the molecule is Cc1ccc(OCCNS(=O)(=O)/C=C/c2ccc(Cl)cc2)cc1. The first-order chi connectivity index (χ1) is 10.9. The number of nitrogens with one attached hydrogen (secondary N) is 1. The van der Waals surface area contributed by atoms with Crippen molar-refractivity contribution < 1.29 is 13.2 Å². The van der Waals surface area contributed by atoms with E-state index < -0.39 is 10.0 Å². The van der Waals surface area contributed by atoms with E-state index in [1.165, 1.54) is 6.08 Å². The lowest BCUT2D eigenvalue weighted by Crippen LogP contribution is -2.26. The van der Waals surface area contributed by atoms with Crippen LogP contribution in [-0.4, -0.2) is 21.6 Å². The van der Waals surface area contributed by atoms with E-state index >= 15 is 0 Å². The molecule has 0 amide bonds. The Hall–Kier alpha value is -1.82. The molecule has 6 heteroatoms. The first-order valence-corrected chi connectivity index (χ1v) is 9.00. The van der Waals surface area contributed by atoms with Crippen molar-refractivity contribution in [2.24, 2.45) is 0 Å². The molecule has 2 aromatic carbocycles. The Balaban J connectivity index is 1.79. The fraction of sp³-hybridized carbons (Fsp3) is 0.176. The summed E-state index contributed by atoms with van der Waals surface area (Å²) in [6, 6.07) is 14.5. The number of sulfonamides is 1. The van der Waals surface area contributed by atoms with E-state index in [9.17, 15) is 8.42 Å². The van der Waals surface area contributed by atoms with Crippen molar-refractivity contribution >= 4 is 27.7 Å². The lowest BCUT2D eigenvalue weighted by Gasteiger charge is -2.07. The highest BCUT2D eigenvalue weighted by molar-refractivity contribution is 7.92. The van der Waals surface area contributed by atoms with Crippen molar-refractivity contribution in [1.82, 2.24) is 4.72 Å². The summed E-state index contributed by atoms with van der Waals surface area (Å²) in [5.74, 6) is 0.714. The third-order valence-electron chi connectivity index (χ3n) is 3.00. The van der Waals surface area contributed by atoms with Gasteiger partial charge in [0.05, 0.1) is 0 Å². The van der Waals surface area contributed by atoms with Crippen LogP contribution in [0.25, 0.3) is 6.08 Å². The summed E-state index contributed by atoms with van der Waals surface area (Å²) in [6.07, 6.45) is 1.51. The van der Waals surface area contributed by atoms with Gasteiger partial charge in [0, 0.05) is 17.0 Å². The maximum absolute atomic E-state index is 11.8. The Morgan fingerprint density at radius 2 is 1.74 bits per heavy atom. The second-order valence-corrected chi connectivity index (χ2v) is 7.04. The molecular weight excluding hydrogens is 334 g/mol. The van der Waals surface area contributed by atoms with Crippen molar-refractivity contribution in [1.29, 1.82) is 0 Å². The molecule has 0 fully saturated rings. The molecule has 0 radical (unpaired) electrons. The van der Waals surface area contributed by atoms with Crippen LogP contribution in [0.5, 0.6) is 5.75 Å². The Kier molecular flexibility index (Phi) is 6.21. The van der Waals surface area contributed by atoms with Crippen LogP contribution in [-0.2, 0) is 10.0 Å². The molecule has 0 aliphatic carbocycles. The number of hydrogen-bond donors (Lipinski definition) is 1. The number of halogens is 1. The maximum Gasteiger partial charge on any atom is 0.233 e. The molecule has 0 aliphatic rings. The molecule has 0 bridgehead atoms. The normalized spacial score (nSPS) is 11.7. The zero-order valence-electron chi connectivity index (χ0n) is 12.7. The summed E-state index contributed by atoms with van der Waals surface area (Å²) in [5.41, 5.74) is 1.90. The summed E-state index contributed by atoms with van der Waals surface area (Å²) >= 11 is 5.78. The van der Waals surface area contributed by atoms with E-state index in [1.807, 2.05) is 31.2 Å². The molecule has 2 aromatic rings.